The first kappa shape index (κ1) is 22.1. The molecule has 1 N–H and O–H groups in total. The number of hydrogen-bond acceptors (Lipinski definition) is 5. The zero-order valence-electron chi connectivity index (χ0n) is 18.7. The quantitative estimate of drug-likeness (QED) is 0.548. The molecule has 3 aromatic rings. The molecule has 6 nitrogen and oxygen atoms in total. The number of halogens is 1. The number of carbonyl (C=O) groups is 2. The van der Waals surface area contributed by atoms with Crippen molar-refractivity contribution in [3.63, 3.8) is 0 Å². The molecule has 1 aliphatic heterocycles. The standard InChI is InChI=1S/C26H23FN2O4/c1-15-5-6-16(2)22(11-15)28-24-23(17-7-9-18(27)10-8-17)25(30)29(26(24)31)19-12-20(32-3)14-21(13-19)33-4/h5-14,28H,1-4H3. The number of rotatable bonds is 6. The number of carbonyl (C=O) groups excluding carboxylic acids is 2. The Kier molecular flexibility index (Phi) is 5.87. The zero-order chi connectivity index (χ0) is 23.7. The summed E-state index contributed by atoms with van der Waals surface area (Å²) in [6.07, 6.45) is 0. The lowest BCUT2D eigenvalue weighted by Gasteiger charge is -2.18. The molecule has 7 heteroatoms. The predicted octanol–water partition coefficient (Wildman–Crippen LogP) is 4.86. The van der Waals surface area contributed by atoms with Crippen molar-refractivity contribution in [1.82, 2.24) is 0 Å². The summed E-state index contributed by atoms with van der Waals surface area (Å²) in [7, 11) is 2.98. The molecule has 4 rings (SSSR count). The molecule has 0 radical (unpaired) electrons. The second-order valence-electron chi connectivity index (χ2n) is 7.72. The van der Waals surface area contributed by atoms with Crippen LogP contribution in [0.5, 0.6) is 11.5 Å². The lowest BCUT2D eigenvalue weighted by molar-refractivity contribution is -0.120. The van der Waals surface area contributed by atoms with E-state index in [0.717, 1.165) is 16.0 Å². The number of methoxy groups -OCH3 is 2. The van der Waals surface area contributed by atoms with Gasteiger partial charge in [-0.3, -0.25) is 9.59 Å². The highest BCUT2D eigenvalue weighted by molar-refractivity contribution is 6.46. The van der Waals surface area contributed by atoms with E-state index in [1.54, 1.807) is 18.2 Å². The van der Waals surface area contributed by atoms with Crippen molar-refractivity contribution in [2.24, 2.45) is 0 Å². The minimum Gasteiger partial charge on any atom is -0.497 e. The van der Waals surface area contributed by atoms with E-state index in [0.29, 0.717) is 28.4 Å². The number of ether oxygens (including phenoxy) is 2. The minimum absolute atomic E-state index is 0.113. The lowest BCUT2D eigenvalue weighted by atomic mass is 10.0. The van der Waals surface area contributed by atoms with Gasteiger partial charge in [0.05, 0.1) is 25.5 Å². The number of aryl methyl sites for hydroxylation is 2. The monoisotopic (exact) mass is 446 g/mol. The van der Waals surface area contributed by atoms with Crippen LogP contribution in [0, 0.1) is 19.7 Å². The number of hydrogen-bond donors (Lipinski definition) is 1. The van der Waals surface area contributed by atoms with Gasteiger partial charge in [0.15, 0.2) is 0 Å². The predicted molar refractivity (Wildman–Crippen MR) is 125 cm³/mol. The summed E-state index contributed by atoms with van der Waals surface area (Å²) >= 11 is 0. The van der Waals surface area contributed by atoms with Crippen LogP contribution in [0.25, 0.3) is 5.57 Å². The molecule has 0 aliphatic carbocycles. The van der Waals surface area contributed by atoms with Crippen molar-refractivity contribution in [2.75, 3.05) is 24.4 Å². The second-order valence-corrected chi connectivity index (χ2v) is 7.72. The number of amides is 2. The van der Waals surface area contributed by atoms with Crippen molar-refractivity contribution in [2.45, 2.75) is 13.8 Å². The second kappa shape index (κ2) is 8.78. The molecule has 2 amide bonds. The van der Waals surface area contributed by atoms with Crippen molar-refractivity contribution < 1.29 is 23.5 Å². The van der Waals surface area contributed by atoms with Crippen LogP contribution in [-0.4, -0.2) is 26.0 Å². The molecule has 0 bridgehead atoms. The summed E-state index contributed by atoms with van der Waals surface area (Å²) in [6, 6.07) is 16.1. The Hall–Kier alpha value is -4.13. The number of anilines is 2. The molecule has 0 spiro atoms. The maximum atomic E-state index is 13.6. The average Bonchev–Trinajstić information content (AvgIpc) is 3.05. The average molecular weight is 446 g/mol. The molecule has 1 heterocycles. The van der Waals surface area contributed by atoms with Crippen LogP contribution in [0.4, 0.5) is 15.8 Å². The molecule has 0 unspecified atom stereocenters. The van der Waals surface area contributed by atoms with E-state index in [9.17, 15) is 14.0 Å². The maximum absolute atomic E-state index is 13.6. The van der Waals surface area contributed by atoms with Crippen molar-refractivity contribution in [3.05, 3.63) is 88.9 Å². The van der Waals surface area contributed by atoms with Gasteiger partial charge in [-0.2, -0.15) is 0 Å². The van der Waals surface area contributed by atoms with Crippen LogP contribution in [0.3, 0.4) is 0 Å². The van der Waals surface area contributed by atoms with E-state index in [-0.39, 0.29) is 11.3 Å². The van der Waals surface area contributed by atoms with Crippen LogP contribution in [0.1, 0.15) is 16.7 Å². The minimum atomic E-state index is -0.533. The van der Waals surface area contributed by atoms with E-state index in [1.165, 1.54) is 38.5 Å². The molecular formula is C26H23FN2O4. The summed E-state index contributed by atoms with van der Waals surface area (Å²) in [5, 5.41) is 3.16. The van der Waals surface area contributed by atoms with E-state index < -0.39 is 17.6 Å². The maximum Gasteiger partial charge on any atom is 0.282 e. The highest BCUT2D eigenvalue weighted by Gasteiger charge is 2.40. The Balaban J connectivity index is 1.86. The first-order valence-corrected chi connectivity index (χ1v) is 10.3. The van der Waals surface area contributed by atoms with Crippen LogP contribution in [0.2, 0.25) is 0 Å². The zero-order valence-corrected chi connectivity index (χ0v) is 18.7. The highest BCUT2D eigenvalue weighted by atomic mass is 19.1. The van der Waals surface area contributed by atoms with E-state index in [4.69, 9.17) is 9.47 Å². The topological polar surface area (TPSA) is 67.9 Å². The van der Waals surface area contributed by atoms with Gasteiger partial charge in [0.25, 0.3) is 11.8 Å². The molecule has 33 heavy (non-hydrogen) atoms. The van der Waals surface area contributed by atoms with Crippen LogP contribution < -0.4 is 19.7 Å². The highest BCUT2D eigenvalue weighted by Crippen LogP contribution is 2.37. The molecule has 1 aliphatic rings. The third-order valence-corrected chi connectivity index (χ3v) is 5.46. The fraction of sp³-hybridized carbons (Fsp3) is 0.154. The molecule has 0 saturated heterocycles. The Labute approximate surface area is 191 Å². The molecule has 168 valence electrons. The van der Waals surface area contributed by atoms with Gasteiger partial charge in [-0.15, -0.1) is 0 Å². The SMILES string of the molecule is COc1cc(OC)cc(N2C(=O)C(Nc3cc(C)ccc3C)=C(c3ccc(F)cc3)C2=O)c1. The number of imide groups is 1. The van der Waals surface area contributed by atoms with Crippen LogP contribution in [-0.2, 0) is 9.59 Å². The fourth-order valence-corrected chi connectivity index (χ4v) is 3.69. The van der Waals surface area contributed by atoms with Gasteiger partial charge in [-0.05, 0) is 48.7 Å². The van der Waals surface area contributed by atoms with Gasteiger partial charge in [-0.1, -0.05) is 24.3 Å². The lowest BCUT2D eigenvalue weighted by Crippen LogP contribution is -2.32. The smallest absolute Gasteiger partial charge is 0.282 e. The van der Waals surface area contributed by atoms with Gasteiger partial charge < -0.3 is 14.8 Å². The molecule has 0 atom stereocenters. The number of nitrogens with one attached hydrogen (secondary N) is 1. The van der Waals surface area contributed by atoms with Gasteiger partial charge in [0.1, 0.15) is 23.0 Å². The Morgan fingerprint density at radius 1 is 0.818 bits per heavy atom. The summed E-state index contributed by atoms with van der Waals surface area (Å²) in [6.45, 7) is 3.85. The summed E-state index contributed by atoms with van der Waals surface area (Å²) < 4.78 is 24.2. The third-order valence-electron chi connectivity index (χ3n) is 5.46. The molecule has 3 aromatic carbocycles. The third kappa shape index (κ3) is 4.17. The molecular weight excluding hydrogens is 423 g/mol. The Morgan fingerprint density at radius 2 is 1.45 bits per heavy atom. The number of benzene rings is 3. The largest absolute Gasteiger partial charge is 0.497 e. The first-order valence-electron chi connectivity index (χ1n) is 10.3. The van der Waals surface area contributed by atoms with E-state index in [2.05, 4.69) is 5.32 Å². The van der Waals surface area contributed by atoms with Crippen molar-refractivity contribution in [3.8, 4) is 11.5 Å². The van der Waals surface area contributed by atoms with E-state index >= 15 is 0 Å². The number of nitrogens with zero attached hydrogens (tertiary/aromatic N) is 1. The Morgan fingerprint density at radius 3 is 2.06 bits per heavy atom. The Bertz CT molecular complexity index is 1260. The van der Waals surface area contributed by atoms with Gasteiger partial charge >= 0.3 is 0 Å². The van der Waals surface area contributed by atoms with Gasteiger partial charge in [-0.25, -0.2) is 9.29 Å². The van der Waals surface area contributed by atoms with Crippen LogP contribution >= 0.6 is 0 Å². The van der Waals surface area contributed by atoms with Gasteiger partial charge in [0.2, 0.25) is 0 Å². The normalized spacial score (nSPS) is 13.5. The summed E-state index contributed by atoms with van der Waals surface area (Å²) in [5.74, 6) is -0.631. The fourth-order valence-electron chi connectivity index (χ4n) is 3.69. The first-order chi connectivity index (χ1) is 15.8. The van der Waals surface area contributed by atoms with E-state index in [1.807, 2.05) is 32.0 Å². The molecule has 0 fully saturated rings. The summed E-state index contributed by atoms with van der Waals surface area (Å²) in [5.41, 5.74) is 3.62. The molecule has 0 aromatic heterocycles. The summed E-state index contributed by atoms with van der Waals surface area (Å²) in [4.78, 5) is 28.2. The van der Waals surface area contributed by atoms with Crippen molar-refractivity contribution in [1.29, 1.82) is 0 Å². The van der Waals surface area contributed by atoms with Crippen molar-refractivity contribution >= 4 is 28.8 Å². The molecule has 0 saturated carbocycles. The van der Waals surface area contributed by atoms with Crippen LogP contribution in [0.15, 0.2) is 66.4 Å². The van der Waals surface area contributed by atoms with Gasteiger partial charge in [0, 0.05) is 23.9 Å².